The van der Waals surface area contributed by atoms with Gasteiger partial charge in [-0.05, 0) is 72.0 Å². The van der Waals surface area contributed by atoms with Crippen LogP contribution in [-0.2, 0) is 19.8 Å². The van der Waals surface area contributed by atoms with Crippen molar-refractivity contribution in [2.24, 2.45) is 0 Å². The van der Waals surface area contributed by atoms with Crippen LogP contribution in [-0.4, -0.2) is 42.4 Å². The Morgan fingerprint density at radius 3 is 2.47 bits per heavy atom. The Bertz CT molecular complexity index is 1750. The third kappa shape index (κ3) is 7.68. The number of aliphatic hydroxyl groups is 1. The predicted octanol–water partition coefficient (Wildman–Crippen LogP) is 6.82. The van der Waals surface area contributed by atoms with Gasteiger partial charge in [0, 0.05) is 24.2 Å². The first kappa shape index (κ1) is 31.7. The first-order valence-corrected chi connectivity index (χ1v) is 15.1. The van der Waals surface area contributed by atoms with Crippen LogP contribution in [0.25, 0.3) is 11.1 Å². The number of nitriles is 2. The summed E-state index contributed by atoms with van der Waals surface area (Å²) in [6, 6.07) is 26.9. The highest BCUT2D eigenvalue weighted by Crippen LogP contribution is 2.38. The van der Waals surface area contributed by atoms with E-state index in [1.54, 1.807) is 24.3 Å². The number of nitrogens with zero attached hydrogens (tertiary/aromatic N) is 3. The summed E-state index contributed by atoms with van der Waals surface area (Å²) in [5.41, 5.74) is 6.28. The van der Waals surface area contributed by atoms with Crippen LogP contribution in [0.1, 0.15) is 34.7 Å². The number of halogens is 1. The highest BCUT2D eigenvalue weighted by Gasteiger charge is 2.19. The Balaban J connectivity index is 1.40. The van der Waals surface area contributed by atoms with Gasteiger partial charge in [-0.3, -0.25) is 4.90 Å². The van der Waals surface area contributed by atoms with Crippen molar-refractivity contribution < 1.29 is 24.1 Å². The molecule has 4 aromatic carbocycles. The van der Waals surface area contributed by atoms with Gasteiger partial charge in [-0.2, -0.15) is 10.5 Å². The fraction of sp³-hybridized carbons (Fsp3) is 0.278. The lowest BCUT2D eigenvalue weighted by Gasteiger charge is -2.26. The smallest absolute Gasteiger partial charge is 0.161 e. The predicted molar refractivity (Wildman–Crippen MR) is 171 cm³/mol. The van der Waals surface area contributed by atoms with Crippen molar-refractivity contribution in [3.63, 3.8) is 0 Å². The highest BCUT2D eigenvalue weighted by atomic mass is 35.5. The molecule has 9 heteroatoms. The first-order chi connectivity index (χ1) is 21.9. The Morgan fingerprint density at radius 2 is 1.69 bits per heavy atom. The minimum Gasteiger partial charge on any atom is -0.488 e. The van der Waals surface area contributed by atoms with Gasteiger partial charge in [-0.15, -0.1) is 0 Å². The minimum absolute atomic E-state index is 0.0988. The molecule has 0 spiro atoms. The zero-order valence-electron chi connectivity index (χ0n) is 25.3. The maximum atomic E-state index is 9.76. The lowest BCUT2D eigenvalue weighted by atomic mass is 9.96. The number of fused-ring (bicyclic) bond motifs is 1. The van der Waals surface area contributed by atoms with E-state index >= 15 is 0 Å². The Hall–Kier alpha value is -4.73. The zero-order valence-corrected chi connectivity index (χ0v) is 26.0. The van der Waals surface area contributed by atoms with Gasteiger partial charge in [0.2, 0.25) is 0 Å². The van der Waals surface area contributed by atoms with Crippen LogP contribution in [0.15, 0.2) is 72.8 Å². The van der Waals surface area contributed by atoms with E-state index < -0.39 is 0 Å². The molecular formula is C36H34ClN3O5. The molecule has 0 unspecified atom stereocenters. The van der Waals surface area contributed by atoms with Crippen LogP contribution in [0.2, 0.25) is 5.02 Å². The molecule has 45 heavy (non-hydrogen) atoms. The number of hydrogen-bond acceptors (Lipinski definition) is 8. The monoisotopic (exact) mass is 623 g/mol. The van der Waals surface area contributed by atoms with E-state index in [1.807, 2.05) is 54.3 Å². The minimum atomic E-state index is -0.246. The van der Waals surface area contributed by atoms with Crippen molar-refractivity contribution in [2.45, 2.75) is 39.6 Å². The van der Waals surface area contributed by atoms with Gasteiger partial charge in [0.05, 0.1) is 35.9 Å². The van der Waals surface area contributed by atoms with Gasteiger partial charge >= 0.3 is 0 Å². The SMILES string of the molecule is Cc1c(COc2cc(OCc3cccc(C#N)c3)c(CN(CC#N)[C@@H](C)CO)cc2Cl)cccc1-c1ccc2c(c1)OCCO2. The summed E-state index contributed by atoms with van der Waals surface area (Å²) in [6.45, 7) is 5.83. The number of aliphatic hydroxyl groups excluding tert-OH is 1. The second-order valence-corrected chi connectivity index (χ2v) is 11.2. The van der Waals surface area contributed by atoms with Gasteiger partial charge < -0.3 is 24.1 Å². The van der Waals surface area contributed by atoms with E-state index in [2.05, 4.69) is 25.1 Å². The van der Waals surface area contributed by atoms with E-state index in [1.165, 1.54) is 0 Å². The van der Waals surface area contributed by atoms with Crippen molar-refractivity contribution >= 4 is 11.6 Å². The summed E-state index contributed by atoms with van der Waals surface area (Å²) in [5.74, 6) is 2.47. The molecule has 0 amide bonds. The van der Waals surface area contributed by atoms with E-state index in [9.17, 15) is 15.6 Å². The maximum absolute atomic E-state index is 9.76. The molecule has 1 aliphatic heterocycles. The fourth-order valence-corrected chi connectivity index (χ4v) is 5.39. The average Bonchev–Trinajstić information content (AvgIpc) is 3.07. The molecule has 8 nitrogen and oxygen atoms in total. The molecule has 0 radical (unpaired) electrons. The molecule has 5 rings (SSSR count). The first-order valence-electron chi connectivity index (χ1n) is 14.7. The molecule has 0 aliphatic carbocycles. The molecule has 1 heterocycles. The molecule has 230 valence electrons. The van der Waals surface area contributed by atoms with E-state index in [-0.39, 0.29) is 32.4 Å². The summed E-state index contributed by atoms with van der Waals surface area (Å²) >= 11 is 6.76. The largest absolute Gasteiger partial charge is 0.488 e. The summed E-state index contributed by atoms with van der Waals surface area (Å²) in [7, 11) is 0. The number of benzene rings is 4. The fourth-order valence-electron chi connectivity index (χ4n) is 5.15. The lowest BCUT2D eigenvalue weighted by molar-refractivity contribution is 0.140. The molecule has 4 aromatic rings. The Labute approximate surface area is 268 Å². The van der Waals surface area contributed by atoms with E-state index in [0.29, 0.717) is 41.8 Å². The summed E-state index contributed by atoms with van der Waals surface area (Å²) in [6.07, 6.45) is 0. The van der Waals surface area contributed by atoms with Crippen molar-refractivity contribution in [2.75, 3.05) is 26.4 Å². The molecule has 0 aromatic heterocycles. The summed E-state index contributed by atoms with van der Waals surface area (Å²) in [5, 5.41) is 28.8. The zero-order chi connectivity index (χ0) is 31.8. The number of hydrogen-bond donors (Lipinski definition) is 1. The molecule has 0 fully saturated rings. The van der Waals surface area contributed by atoms with Crippen LogP contribution in [0, 0.1) is 29.6 Å². The van der Waals surface area contributed by atoms with Crippen molar-refractivity contribution in [3.8, 4) is 46.3 Å². The highest BCUT2D eigenvalue weighted by molar-refractivity contribution is 6.32. The van der Waals surface area contributed by atoms with Crippen LogP contribution in [0.4, 0.5) is 0 Å². The Morgan fingerprint density at radius 1 is 0.911 bits per heavy atom. The molecule has 0 saturated carbocycles. The number of ether oxygens (including phenoxy) is 4. The van der Waals surface area contributed by atoms with Crippen LogP contribution >= 0.6 is 11.6 Å². The molecule has 0 saturated heterocycles. The van der Waals surface area contributed by atoms with Crippen LogP contribution < -0.4 is 18.9 Å². The van der Waals surface area contributed by atoms with Gasteiger partial charge in [-0.1, -0.05) is 48.0 Å². The molecule has 1 N–H and O–H groups in total. The maximum Gasteiger partial charge on any atom is 0.161 e. The third-order valence-corrected chi connectivity index (χ3v) is 8.08. The molecule has 1 atom stereocenters. The molecular weight excluding hydrogens is 590 g/mol. The van der Waals surface area contributed by atoms with Gasteiger partial charge in [0.1, 0.15) is 37.9 Å². The second kappa shape index (κ2) is 14.8. The van der Waals surface area contributed by atoms with E-state index in [0.717, 1.165) is 44.9 Å². The summed E-state index contributed by atoms with van der Waals surface area (Å²) in [4.78, 5) is 1.85. The van der Waals surface area contributed by atoms with Crippen LogP contribution in [0.3, 0.4) is 0 Å². The quantitative estimate of drug-likeness (QED) is 0.171. The molecule has 1 aliphatic rings. The summed E-state index contributed by atoms with van der Waals surface area (Å²) < 4.78 is 24.0. The topological polar surface area (TPSA) is 108 Å². The van der Waals surface area contributed by atoms with Crippen molar-refractivity contribution in [1.29, 1.82) is 10.5 Å². The third-order valence-electron chi connectivity index (χ3n) is 7.78. The second-order valence-electron chi connectivity index (χ2n) is 10.8. The van der Waals surface area contributed by atoms with Crippen molar-refractivity contribution in [1.82, 2.24) is 4.90 Å². The van der Waals surface area contributed by atoms with Gasteiger partial charge in [0.15, 0.2) is 11.5 Å². The average molecular weight is 624 g/mol. The van der Waals surface area contributed by atoms with E-state index in [4.69, 9.17) is 30.5 Å². The standard InChI is InChI=1S/C36H34ClN3O5/c1-24(21-41)40(12-11-38)20-30-16-32(37)35(18-34(30)44-22-27-6-3-5-26(15-27)19-39)45-23-29-7-4-8-31(25(29)2)28-9-10-33-36(17-28)43-14-13-42-33/h3-10,15-18,24,41H,12-14,20-23H2,1-2H3/t24-/m0/s1. The van der Waals surface area contributed by atoms with Crippen molar-refractivity contribution in [3.05, 3.63) is 106 Å². The number of rotatable bonds is 12. The van der Waals surface area contributed by atoms with Gasteiger partial charge in [0.25, 0.3) is 0 Å². The normalized spacial score (nSPS) is 12.7. The van der Waals surface area contributed by atoms with Gasteiger partial charge in [-0.25, -0.2) is 0 Å². The Kier molecular flexibility index (Phi) is 10.4. The van der Waals surface area contributed by atoms with Crippen LogP contribution in [0.5, 0.6) is 23.0 Å². The molecule has 0 bridgehead atoms. The lowest BCUT2D eigenvalue weighted by Crippen LogP contribution is -2.35.